The molecule has 1 saturated carbocycles. The Morgan fingerprint density at radius 1 is 1.12 bits per heavy atom. The van der Waals surface area contributed by atoms with E-state index in [1.807, 2.05) is 26.0 Å². The van der Waals surface area contributed by atoms with E-state index in [2.05, 4.69) is 23.2 Å². The van der Waals surface area contributed by atoms with Crippen LogP contribution in [0.1, 0.15) is 81.2 Å². The molecule has 0 bridgehead atoms. The second kappa shape index (κ2) is 8.19. The minimum Gasteiger partial charge on any atom is -0.406 e. The number of alkyl halides is 3. The summed E-state index contributed by atoms with van der Waals surface area (Å²) in [4.78, 5) is 16.3. The Morgan fingerprint density at radius 2 is 1.82 bits per heavy atom. The standard InChI is InChI=1S/C26H29F3N2O2/c1-24(2)13-5-6-19(15-24)31-22-12-7-17(16-32)14-21(22)30-23(31)25(3,4)18-8-10-20(11-9-18)33-26(27,28)29/h7-12,14,16,19H,5-6,13,15H2,1-4H3. The number of halogens is 3. The molecular formula is C26H29F3N2O2. The molecule has 0 radical (unpaired) electrons. The number of hydrogen-bond donors (Lipinski definition) is 0. The van der Waals surface area contributed by atoms with E-state index in [9.17, 15) is 18.0 Å². The van der Waals surface area contributed by atoms with Crippen LogP contribution >= 0.6 is 0 Å². The van der Waals surface area contributed by atoms with Crippen LogP contribution in [0.4, 0.5) is 13.2 Å². The molecule has 176 valence electrons. The first-order chi connectivity index (χ1) is 15.4. The number of ether oxygens (including phenoxy) is 1. The lowest BCUT2D eigenvalue weighted by atomic mass is 9.74. The van der Waals surface area contributed by atoms with E-state index in [-0.39, 0.29) is 17.2 Å². The third kappa shape index (κ3) is 4.77. The highest BCUT2D eigenvalue weighted by molar-refractivity contribution is 5.85. The summed E-state index contributed by atoms with van der Waals surface area (Å²) in [5, 5.41) is 0. The van der Waals surface area contributed by atoms with Crippen LogP contribution in [-0.4, -0.2) is 22.2 Å². The fraction of sp³-hybridized carbons (Fsp3) is 0.462. The van der Waals surface area contributed by atoms with E-state index in [0.717, 1.165) is 48.0 Å². The molecule has 1 fully saturated rings. The number of hydrogen-bond acceptors (Lipinski definition) is 3. The van der Waals surface area contributed by atoms with Gasteiger partial charge < -0.3 is 9.30 Å². The van der Waals surface area contributed by atoms with Gasteiger partial charge in [-0.05, 0) is 74.4 Å². The van der Waals surface area contributed by atoms with Gasteiger partial charge in [0, 0.05) is 17.0 Å². The number of aldehydes is 1. The second-order valence-corrected chi connectivity index (χ2v) is 10.3. The molecule has 0 amide bonds. The number of rotatable bonds is 5. The van der Waals surface area contributed by atoms with E-state index >= 15 is 0 Å². The molecule has 4 rings (SSSR count). The highest BCUT2D eigenvalue weighted by Gasteiger charge is 2.36. The smallest absolute Gasteiger partial charge is 0.406 e. The number of carbonyl (C=O) groups is 1. The lowest BCUT2D eigenvalue weighted by Gasteiger charge is -2.38. The lowest BCUT2D eigenvalue weighted by Crippen LogP contribution is -2.30. The van der Waals surface area contributed by atoms with E-state index in [0.29, 0.717) is 5.56 Å². The average Bonchev–Trinajstić information content (AvgIpc) is 3.11. The van der Waals surface area contributed by atoms with E-state index in [1.54, 1.807) is 18.2 Å². The van der Waals surface area contributed by atoms with Crippen molar-refractivity contribution in [3.63, 3.8) is 0 Å². The number of nitrogens with zero attached hydrogens (tertiary/aromatic N) is 2. The summed E-state index contributed by atoms with van der Waals surface area (Å²) in [6.45, 7) is 8.62. The molecular weight excluding hydrogens is 429 g/mol. The van der Waals surface area contributed by atoms with Gasteiger partial charge in [-0.25, -0.2) is 4.98 Å². The first-order valence-corrected chi connectivity index (χ1v) is 11.2. The molecule has 33 heavy (non-hydrogen) atoms. The van der Waals surface area contributed by atoms with Gasteiger partial charge in [0.15, 0.2) is 0 Å². The molecule has 3 aromatic rings. The molecule has 1 atom stereocenters. The van der Waals surface area contributed by atoms with Crippen LogP contribution in [0.3, 0.4) is 0 Å². The Bertz CT molecular complexity index is 1160. The molecule has 0 spiro atoms. The summed E-state index contributed by atoms with van der Waals surface area (Å²) in [5.74, 6) is 0.591. The predicted molar refractivity (Wildman–Crippen MR) is 122 cm³/mol. The summed E-state index contributed by atoms with van der Waals surface area (Å²) >= 11 is 0. The van der Waals surface area contributed by atoms with E-state index in [4.69, 9.17) is 4.98 Å². The molecule has 0 N–H and O–H groups in total. The van der Waals surface area contributed by atoms with Crippen molar-refractivity contribution >= 4 is 17.3 Å². The Hall–Kier alpha value is -2.83. The molecule has 0 saturated heterocycles. The van der Waals surface area contributed by atoms with Crippen LogP contribution in [-0.2, 0) is 5.41 Å². The number of carbonyl (C=O) groups excluding carboxylic acids is 1. The maximum absolute atomic E-state index is 12.6. The largest absolute Gasteiger partial charge is 0.573 e. The quantitative estimate of drug-likeness (QED) is 0.379. The summed E-state index contributed by atoms with van der Waals surface area (Å²) < 4.78 is 44.1. The average molecular weight is 459 g/mol. The molecule has 1 heterocycles. The molecule has 7 heteroatoms. The zero-order chi connectivity index (χ0) is 24.0. The minimum atomic E-state index is -4.73. The third-order valence-corrected chi connectivity index (χ3v) is 6.76. The third-order valence-electron chi connectivity index (χ3n) is 6.76. The molecule has 1 unspecified atom stereocenters. The highest BCUT2D eigenvalue weighted by atomic mass is 19.4. The summed E-state index contributed by atoms with van der Waals surface area (Å²) in [7, 11) is 0. The van der Waals surface area contributed by atoms with Crippen molar-refractivity contribution in [1.82, 2.24) is 9.55 Å². The van der Waals surface area contributed by atoms with Crippen molar-refractivity contribution in [1.29, 1.82) is 0 Å². The molecule has 2 aromatic carbocycles. The van der Waals surface area contributed by atoms with Crippen LogP contribution in [0, 0.1) is 5.41 Å². The maximum atomic E-state index is 12.6. The highest BCUT2D eigenvalue weighted by Crippen LogP contribution is 2.45. The second-order valence-electron chi connectivity index (χ2n) is 10.3. The van der Waals surface area contributed by atoms with Crippen LogP contribution in [0.5, 0.6) is 5.75 Å². The number of aromatic nitrogens is 2. The summed E-state index contributed by atoms with van der Waals surface area (Å²) in [5.41, 5.74) is 2.75. The van der Waals surface area contributed by atoms with Crippen LogP contribution in [0.2, 0.25) is 0 Å². The lowest BCUT2D eigenvalue weighted by molar-refractivity contribution is -0.274. The zero-order valence-corrected chi connectivity index (χ0v) is 19.4. The normalized spacial score (nSPS) is 18.9. The van der Waals surface area contributed by atoms with Gasteiger partial charge in [0.05, 0.1) is 11.0 Å². The van der Waals surface area contributed by atoms with Gasteiger partial charge in [0.2, 0.25) is 0 Å². The van der Waals surface area contributed by atoms with Gasteiger partial charge in [0.1, 0.15) is 17.9 Å². The predicted octanol–water partition coefficient (Wildman–Crippen LogP) is 7.21. The van der Waals surface area contributed by atoms with Crippen molar-refractivity contribution in [3.05, 3.63) is 59.4 Å². The fourth-order valence-corrected chi connectivity index (χ4v) is 5.08. The molecule has 1 aromatic heterocycles. The summed E-state index contributed by atoms with van der Waals surface area (Å²) in [6, 6.07) is 11.8. The topological polar surface area (TPSA) is 44.1 Å². The minimum absolute atomic E-state index is 0.209. The number of benzene rings is 2. The Morgan fingerprint density at radius 3 is 2.42 bits per heavy atom. The van der Waals surface area contributed by atoms with Crippen LogP contribution in [0.25, 0.3) is 11.0 Å². The monoisotopic (exact) mass is 458 g/mol. The SMILES string of the molecule is CC1(C)CCCC(n2c(C(C)(C)c3ccc(OC(F)(F)F)cc3)nc3cc(C=O)ccc32)C1. The van der Waals surface area contributed by atoms with E-state index in [1.165, 1.54) is 18.6 Å². The molecule has 0 aliphatic heterocycles. The van der Waals surface area contributed by atoms with Gasteiger partial charge >= 0.3 is 6.36 Å². The Balaban J connectivity index is 1.82. The van der Waals surface area contributed by atoms with Crippen molar-refractivity contribution < 1.29 is 22.7 Å². The van der Waals surface area contributed by atoms with Crippen molar-refractivity contribution in [2.75, 3.05) is 0 Å². The molecule has 4 nitrogen and oxygen atoms in total. The first-order valence-electron chi connectivity index (χ1n) is 11.2. The van der Waals surface area contributed by atoms with Crippen molar-refractivity contribution in [2.45, 2.75) is 71.2 Å². The van der Waals surface area contributed by atoms with Crippen LogP contribution < -0.4 is 4.74 Å². The van der Waals surface area contributed by atoms with Crippen LogP contribution in [0.15, 0.2) is 42.5 Å². The zero-order valence-electron chi connectivity index (χ0n) is 19.4. The van der Waals surface area contributed by atoms with E-state index < -0.39 is 11.8 Å². The van der Waals surface area contributed by atoms with Gasteiger partial charge in [0.25, 0.3) is 0 Å². The molecule has 1 aliphatic carbocycles. The van der Waals surface area contributed by atoms with Crippen molar-refractivity contribution in [3.8, 4) is 5.75 Å². The number of imidazole rings is 1. The number of fused-ring (bicyclic) bond motifs is 1. The van der Waals surface area contributed by atoms with Crippen molar-refractivity contribution in [2.24, 2.45) is 5.41 Å². The Kier molecular flexibility index (Phi) is 5.79. The maximum Gasteiger partial charge on any atom is 0.573 e. The fourth-order valence-electron chi connectivity index (χ4n) is 5.08. The Labute approximate surface area is 191 Å². The van der Waals surface area contributed by atoms with Gasteiger partial charge in [-0.1, -0.05) is 32.4 Å². The van der Waals surface area contributed by atoms with Gasteiger partial charge in [-0.15, -0.1) is 13.2 Å². The first kappa shape index (κ1) is 23.3. The molecule has 1 aliphatic rings. The van der Waals surface area contributed by atoms with Gasteiger partial charge in [-0.3, -0.25) is 4.79 Å². The summed E-state index contributed by atoms with van der Waals surface area (Å²) in [6.07, 6.45) is 0.417. The van der Waals surface area contributed by atoms with Gasteiger partial charge in [-0.2, -0.15) is 0 Å².